The van der Waals surface area contributed by atoms with E-state index < -0.39 is 0 Å². The summed E-state index contributed by atoms with van der Waals surface area (Å²) in [7, 11) is 0. The van der Waals surface area contributed by atoms with Crippen LogP contribution in [0.2, 0.25) is 5.02 Å². The van der Waals surface area contributed by atoms with Crippen LogP contribution in [0.3, 0.4) is 0 Å². The lowest BCUT2D eigenvalue weighted by Crippen LogP contribution is -2.40. The molecule has 4 rings (SSSR count). The van der Waals surface area contributed by atoms with Crippen molar-refractivity contribution in [3.8, 4) is 10.6 Å². The van der Waals surface area contributed by atoms with E-state index >= 15 is 0 Å². The van der Waals surface area contributed by atoms with Gasteiger partial charge in [0.1, 0.15) is 10.7 Å². The molecule has 0 saturated carbocycles. The minimum Gasteiger partial charge on any atom is -0.378 e. The van der Waals surface area contributed by atoms with Crippen LogP contribution in [0.5, 0.6) is 0 Å². The third-order valence-corrected chi connectivity index (χ3v) is 5.60. The summed E-state index contributed by atoms with van der Waals surface area (Å²) in [6.07, 6.45) is 0. The molecule has 0 atom stereocenters. The number of anilines is 1. The molecular weight excluding hydrogens is 410 g/mol. The molecule has 8 heteroatoms. The van der Waals surface area contributed by atoms with Crippen molar-refractivity contribution in [2.75, 3.05) is 31.6 Å². The van der Waals surface area contributed by atoms with Crippen LogP contribution in [0, 0.1) is 0 Å². The van der Waals surface area contributed by atoms with Crippen LogP contribution in [-0.4, -0.2) is 48.0 Å². The molecule has 1 aliphatic heterocycles. The smallest absolute Gasteiger partial charge is 0.275 e. The van der Waals surface area contributed by atoms with Crippen LogP contribution in [0.4, 0.5) is 5.69 Å². The quantitative estimate of drug-likeness (QED) is 0.677. The van der Waals surface area contributed by atoms with Crippen molar-refractivity contribution in [3.63, 3.8) is 0 Å². The molecule has 6 nitrogen and oxygen atoms in total. The molecule has 0 unspecified atom stereocenters. The summed E-state index contributed by atoms with van der Waals surface area (Å²) in [6, 6.07) is 14.3. The number of aromatic nitrogens is 1. The van der Waals surface area contributed by atoms with Crippen molar-refractivity contribution in [2.45, 2.75) is 0 Å². The average molecular weight is 428 g/mol. The van der Waals surface area contributed by atoms with Gasteiger partial charge in [0.2, 0.25) is 0 Å². The highest BCUT2D eigenvalue weighted by Crippen LogP contribution is 2.26. The molecule has 1 saturated heterocycles. The number of halogens is 1. The number of thiazole rings is 1. The van der Waals surface area contributed by atoms with E-state index in [4.69, 9.17) is 16.3 Å². The number of rotatable bonds is 4. The first-order chi connectivity index (χ1) is 14.1. The lowest BCUT2D eigenvalue weighted by molar-refractivity contribution is 0.0303. The van der Waals surface area contributed by atoms with Gasteiger partial charge in [-0.25, -0.2) is 4.98 Å². The lowest BCUT2D eigenvalue weighted by Gasteiger charge is -2.27. The van der Waals surface area contributed by atoms with Gasteiger partial charge in [0.15, 0.2) is 0 Å². The van der Waals surface area contributed by atoms with Gasteiger partial charge in [0.25, 0.3) is 11.8 Å². The Morgan fingerprint density at radius 1 is 1.10 bits per heavy atom. The minimum atomic E-state index is -0.328. The van der Waals surface area contributed by atoms with Crippen LogP contribution in [-0.2, 0) is 4.74 Å². The first-order valence-electron chi connectivity index (χ1n) is 9.10. The van der Waals surface area contributed by atoms with E-state index in [0.29, 0.717) is 53.3 Å². The van der Waals surface area contributed by atoms with Gasteiger partial charge in [-0.15, -0.1) is 11.3 Å². The Hall–Kier alpha value is -2.74. The molecule has 0 radical (unpaired) electrons. The van der Waals surface area contributed by atoms with Gasteiger partial charge in [0.05, 0.1) is 13.2 Å². The molecule has 1 fully saturated rings. The second kappa shape index (κ2) is 8.73. The SMILES string of the molecule is O=C(Nc1cccc(C(=O)N2CCOCC2)c1)c1csc(-c2cccc(Cl)c2)n1. The van der Waals surface area contributed by atoms with E-state index in [9.17, 15) is 9.59 Å². The van der Waals surface area contributed by atoms with Gasteiger partial charge in [-0.1, -0.05) is 29.8 Å². The fourth-order valence-corrected chi connectivity index (χ4v) is 3.99. The number of morpholine rings is 1. The number of carbonyl (C=O) groups excluding carboxylic acids is 2. The molecule has 2 aromatic carbocycles. The van der Waals surface area contributed by atoms with Crippen molar-refractivity contribution < 1.29 is 14.3 Å². The molecule has 1 N–H and O–H groups in total. The number of benzene rings is 2. The minimum absolute atomic E-state index is 0.0682. The Balaban J connectivity index is 1.47. The molecule has 29 heavy (non-hydrogen) atoms. The molecule has 2 amide bonds. The zero-order valence-electron chi connectivity index (χ0n) is 15.4. The van der Waals surface area contributed by atoms with E-state index in [0.717, 1.165) is 5.56 Å². The zero-order valence-corrected chi connectivity index (χ0v) is 17.0. The fourth-order valence-electron chi connectivity index (χ4n) is 3.01. The predicted molar refractivity (Wildman–Crippen MR) is 114 cm³/mol. The summed E-state index contributed by atoms with van der Waals surface area (Å²) in [5.41, 5.74) is 2.25. The summed E-state index contributed by atoms with van der Waals surface area (Å²) in [5, 5.41) is 5.85. The number of carbonyl (C=O) groups is 2. The summed E-state index contributed by atoms with van der Waals surface area (Å²) in [5.74, 6) is -0.396. The molecular formula is C21H18ClN3O3S. The highest BCUT2D eigenvalue weighted by atomic mass is 35.5. The van der Waals surface area contributed by atoms with Crippen LogP contribution in [0.25, 0.3) is 10.6 Å². The highest BCUT2D eigenvalue weighted by Gasteiger charge is 2.19. The van der Waals surface area contributed by atoms with Crippen molar-refractivity contribution in [1.29, 1.82) is 0 Å². The van der Waals surface area contributed by atoms with Crippen molar-refractivity contribution in [2.24, 2.45) is 0 Å². The van der Waals surface area contributed by atoms with Crippen molar-refractivity contribution in [1.82, 2.24) is 9.88 Å². The summed E-state index contributed by atoms with van der Waals surface area (Å²) >= 11 is 7.40. The second-order valence-corrected chi connectivity index (χ2v) is 7.78. The lowest BCUT2D eigenvalue weighted by atomic mass is 10.1. The molecule has 0 aliphatic carbocycles. The number of hydrogen-bond acceptors (Lipinski definition) is 5. The van der Waals surface area contributed by atoms with Crippen molar-refractivity contribution >= 4 is 40.4 Å². The maximum atomic E-state index is 12.6. The largest absolute Gasteiger partial charge is 0.378 e. The summed E-state index contributed by atoms with van der Waals surface area (Å²) < 4.78 is 5.29. The fraction of sp³-hybridized carbons (Fsp3) is 0.190. The van der Waals surface area contributed by atoms with Gasteiger partial charge in [-0.2, -0.15) is 0 Å². The summed E-state index contributed by atoms with van der Waals surface area (Å²) in [6.45, 7) is 2.23. The van der Waals surface area contributed by atoms with E-state index in [1.807, 2.05) is 18.2 Å². The van der Waals surface area contributed by atoms with Gasteiger partial charge in [-0.05, 0) is 30.3 Å². The molecule has 1 aliphatic rings. The molecule has 1 aromatic heterocycles. The maximum Gasteiger partial charge on any atom is 0.275 e. The van der Waals surface area contributed by atoms with Crippen molar-refractivity contribution in [3.05, 3.63) is 70.2 Å². The monoisotopic (exact) mass is 427 g/mol. The van der Waals surface area contributed by atoms with Crippen LogP contribution in [0.1, 0.15) is 20.8 Å². The van der Waals surface area contributed by atoms with Gasteiger partial charge < -0.3 is 15.0 Å². The van der Waals surface area contributed by atoms with E-state index in [1.165, 1.54) is 11.3 Å². The van der Waals surface area contributed by atoms with E-state index in [1.54, 1.807) is 40.6 Å². The Bertz CT molecular complexity index is 1050. The number of ether oxygens (including phenoxy) is 1. The third kappa shape index (κ3) is 4.64. The second-order valence-electron chi connectivity index (χ2n) is 6.49. The molecule has 3 aromatic rings. The van der Waals surface area contributed by atoms with Gasteiger partial charge in [0, 0.05) is 40.3 Å². The number of nitrogens with zero attached hydrogens (tertiary/aromatic N) is 2. The number of hydrogen-bond donors (Lipinski definition) is 1. The van der Waals surface area contributed by atoms with Crippen LogP contribution in [0.15, 0.2) is 53.9 Å². The van der Waals surface area contributed by atoms with E-state index in [2.05, 4.69) is 10.3 Å². The van der Waals surface area contributed by atoms with Crippen LogP contribution >= 0.6 is 22.9 Å². The number of amides is 2. The van der Waals surface area contributed by atoms with Crippen LogP contribution < -0.4 is 5.32 Å². The molecule has 148 valence electrons. The Labute approximate surface area is 177 Å². The average Bonchev–Trinajstić information content (AvgIpc) is 3.25. The first-order valence-corrected chi connectivity index (χ1v) is 10.4. The Morgan fingerprint density at radius 3 is 2.69 bits per heavy atom. The zero-order chi connectivity index (χ0) is 20.2. The third-order valence-electron chi connectivity index (χ3n) is 4.47. The standard InChI is InChI=1S/C21H18ClN3O3S/c22-16-5-1-3-14(11-16)20-24-18(13-29-20)19(26)23-17-6-2-4-15(12-17)21(27)25-7-9-28-10-8-25/h1-6,11-13H,7-10H2,(H,23,26). The predicted octanol–water partition coefficient (Wildman–Crippen LogP) is 4.19. The normalized spacial score (nSPS) is 13.9. The Kier molecular flexibility index (Phi) is 5.89. The van der Waals surface area contributed by atoms with E-state index in [-0.39, 0.29) is 11.8 Å². The molecule has 0 bridgehead atoms. The molecule has 2 heterocycles. The molecule has 0 spiro atoms. The maximum absolute atomic E-state index is 12.6. The topological polar surface area (TPSA) is 71.5 Å². The Morgan fingerprint density at radius 2 is 1.90 bits per heavy atom. The number of nitrogens with one attached hydrogen (secondary N) is 1. The van der Waals surface area contributed by atoms with Gasteiger partial charge in [-0.3, -0.25) is 9.59 Å². The van der Waals surface area contributed by atoms with Gasteiger partial charge >= 0.3 is 0 Å². The first kappa shape index (κ1) is 19.6. The summed E-state index contributed by atoms with van der Waals surface area (Å²) in [4.78, 5) is 31.4. The highest BCUT2D eigenvalue weighted by molar-refractivity contribution is 7.13.